The summed E-state index contributed by atoms with van der Waals surface area (Å²) in [5.41, 5.74) is 0.761. The van der Waals surface area contributed by atoms with Crippen LogP contribution in [0.1, 0.15) is 6.92 Å². The number of halogens is 2. The molecule has 0 fully saturated rings. The molecular formula is C11H13Br2N3O2. The van der Waals surface area contributed by atoms with Crippen LogP contribution in [0.2, 0.25) is 0 Å². The zero-order valence-corrected chi connectivity index (χ0v) is 13.1. The van der Waals surface area contributed by atoms with E-state index in [1.165, 1.54) is 7.05 Å². The fourth-order valence-corrected chi connectivity index (χ4v) is 2.43. The van der Waals surface area contributed by atoms with Crippen LogP contribution in [-0.2, 0) is 4.79 Å². The van der Waals surface area contributed by atoms with Crippen LogP contribution in [-0.4, -0.2) is 25.0 Å². The van der Waals surface area contributed by atoms with Crippen LogP contribution in [0.3, 0.4) is 0 Å². The molecule has 5 nitrogen and oxygen atoms in total. The van der Waals surface area contributed by atoms with Gasteiger partial charge in [0.05, 0.1) is 5.69 Å². The van der Waals surface area contributed by atoms with E-state index in [0.717, 1.165) is 14.6 Å². The molecule has 0 aliphatic carbocycles. The van der Waals surface area contributed by atoms with Crippen LogP contribution in [0.4, 0.5) is 10.5 Å². The van der Waals surface area contributed by atoms with Gasteiger partial charge in [-0.2, -0.15) is 0 Å². The van der Waals surface area contributed by atoms with Gasteiger partial charge < -0.3 is 10.6 Å². The number of rotatable bonds is 3. The molecule has 1 atom stereocenters. The number of carbonyl (C=O) groups is 2. The highest BCUT2D eigenvalue weighted by Gasteiger charge is 2.16. The van der Waals surface area contributed by atoms with Gasteiger partial charge in [0.25, 0.3) is 0 Å². The maximum absolute atomic E-state index is 11.7. The van der Waals surface area contributed by atoms with Gasteiger partial charge in [0.2, 0.25) is 5.91 Å². The van der Waals surface area contributed by atoms with Crippen molar-refractivity contribution in [1.82, 2.24) is 10.6 Å². The molecule has 0 aliphatic heterocycles. The van der Waals surface area contributed by atoms with Crippen molar-refractivity contribution in [2.45, 2.75) is 13.0 Å². The standard InChI is InChI=1S/C11H13Br2N3O2/c1-6(10(17)16-11(18)14-2)15-9-7(12)4-3-5-8(9)13/h3-6,15H,1-2H3,(H2,14,16,17,18). The van der Waals surface area contributed by atoms with Crippen molar-refractivity contribution in [2.24, 2.45) is 0 Å². The van der Waals surface area contributed by atoms with E-state index in [1.807, 2.05) is 18.2 Å². The van der Waals surface area contributed by atoms with Crippen molar-refractivity contribution in [3.05, 3.63) is 27.1 Å². The summed E-state index contributed by atoms with van der Waals surface area (Å²) >= 11 is 6.77. The van der Waals surface area contributed by atoms with Gasteiger partial charge in [-0.3, -0.25) is 10.1 Å². The summed E-state index contributed by atoms with van der Waals surface area (Å²) in [6.07, 6.45) is 0. The lowest BCUT2D eigenvalue weighted by Gasteiger charge is -2.16. The molecule has 18 heavy (non-hydrogen) atoms. The Kier molecular flexibility index (Phi) is 5.61. The predicted octanol–water partition coefficient (Wildman–Crippen LogP) is 2.47. The molecule has 0 saturated heterocycles. The number of nitrogens with one attached hydrogen (secondary N) is 3. The van der Waals surface area contributed by atoms with Crippen LogP contribution in [0.25, 0.3) is 0 Å². The molecule has 0 aliphatic rings. The zero-order chi connectivity index (χ0) is 13.7. The Morgan fingerprint density at radius 3 is 2.28 bits per heavy atom. The van der Waals surface area contributed by atoms with Crippen molar-refractivity contribution in [3.8, 4) is 0 Å². The van der Waals surface area contributed by atoms with Crippen LogP contribution >= 0.6 is 31.9 Å². The summed E-state index contributed by atoms with van der Waals surface area (Å²) in [7, 11) is 1.45. The monoisotopic (exact) mass is 377 g/mol. The number of urea groups is 1. The maximum Gasteiger partial charge on any atom is 0.321 e. The van der Waals surface area contributed by atoms with Gasteiger partial charge in [0.15, 0.2) is 0 Å². The first-order valence-electron chi connectivity index (χ1n) is 5.18. The molecule has 0 spiro atoms. The number of hydrogen-bond acceptors (Lipinski definition) is 3. The van der Waals surface area contributed by atoms with Gasteiger partial charge in [0, 0.05) is 16.0 Å². The zero-order valence-electron chi connectivity index (χ0n) is 9.88. The largest absolute Gasteiger partial charge is 0.372 e. The molecule has 0 bridgehead atoms. The maximum atomic E-state index is 11.7. The average Bonchev–Trinajstić information content (AvgIpc) is 2.33. The van der Waals surface area contributed by atoms with Crippen LogP contribution < -0.4 is 16.0 Å². The van der Waals surface area contributed by atoms with Gasteiger partial charge >= 0.3 is 6.03 Å². The molecule has 1 rings (SSSR count). The number of benzene rings is 1. The minimum atomic E-state index is -0.544. The normalized spacial score (nSPS) is 11.6. The Hall–Kier alpha value is -1.08. The summed E-state index contributed by atoms with van der Waals surface area (Å²) < 4.78 is 1.66. The summed E-state index contributed by atoms with van der Waals surface area (Å²) in [5, 5.41) is 7.55. The quantitative estimate of drug-likeness (QED) is 0.756. The van der Waals surface area contributed by atoms with Crippen molar-refractivity contribution in [2.75, 3.05) is 12.4 Å². The van der Waals surface area contributed by atoms with E-state index in [4.69, 9.17) is 0 Å². The predicted molar refractivity (Wildman–Crippen MR) is 77.5 cm³/mol. The van der Waals surface area contributed by atoms with Gasteiger partial charge in [-0.1, -0.05) is 6.07 Å². The number of hydrogen-bond donors (Lipinski definition) is 3. The minimum Gasteiger partial charge on any atom is -0.372 e. The first kappa shape index (κ1) is 15.0. The highest BCUT2D eigenvalue weighted by Crippen LogP contribution is 2.30. The number of anilines is 1. The molecule has 1 aromatic rings. The molecule has 3 amide bonds. The van der Waals surface area contributed by atoms with Crippen LogP contribution in [0.5, 0.6) is 0 Å². The Bertz CT molecular complexity index is 445. The van der Waals surface area contributed by atoms with E-state index < -0.39 is 18.0 Å². The number of carbonyl (C=O) groups excluding carboxylic acids is 2. The fraction of sp³-hybridized carbons (Fsp3) is 0.273. The third kappa shape index (κ3) is 3.99. The summed E-state index contributed by atoms with van der Waals surface area (Å²) in [5.74, 6) is -0.406. The molecule has 0 aromatic heterocycles. The van der Waals surface area contributed by atoms with Gasteiger partial charge in [0.1, 0.15) is 6.04 Å². The van der Waals surface area contributed by atoms with Gasteiger partial charge in [-0.25, -0.2) is 4.79 Å². The first-order chi connectivity index (χ1) is 8.45. The Labute approximate surface area is 122 Å². The highest BCUT2D eigenvalue weighted by atomic mass is 79.9. The third-order valence-electron chi connectivity index (χ3n) is 2.18. The van der Waals surface area contributed by atoms with Gasteiger partial charge in [-0.05, 0) is 50.9 Å². The second-order valence-electron chi connectivity index (χ2n) is 3.53. The lowest BCUT2D eigenvalue weighted by atomic mass is 10.2. The van der Waals surface area contributed by atoms with Crippen molar-refractivity contribution < 1.29 is 9.59 Å². The molecular weight excluding hydrogens is 366 g/mol. The smallest absolute Gasteiger partial charge is 0.321 e. The molecule has 3 N–H and O–H groups in total. The van der Waals surface area contributed by atoms with E-state index in [9.17, 15) is 9.59 Å². The number of para-hydroxylation sites is 1. The number of amides is 3. The highest BCUT2D eigenvalue weighted by molar-refractivity contribution is 9.11. The summed E-state index contributed by atoms with van der Waals surface area (Å²) in [6.45, 7) is 1.67. The lowest BCUT2D eigenvalue weighted by molar-refractivity contribution is -0.120. The molecule has 0 radical (unpaired) electrons. The van der Waals surface area contributed by atoms with E-state index in [-0.39, 0.29) is 0 Å². The fourth-order valence-electron chi connectivity index (χ4n) is 1.20. The van der Waals surface area contributed by atoms with E-state index >= 15 is 0 Å². The molecule has 0 heterocycles. The second-order valence-corrected chi connectivity index (χ2v) is 5.24. The molecule has 1 aromatic carbocycles. The van der Waals surface area contributed by atoms with E-state index in [0.29, 0.717) is 0 Å². The topological polar surface area (TPSA) is 70.2 Å². The van der Waals surface area contributed by atoms with E-state index in [1.54, 1.807) is 6.92 Å². The van der Waals surface area contributed by atoms with Crippen molar-refractivity contribution in [1.29, 1.82) is 0 Å². The molecule has 1 unspecified atom stereocenters. The molecule has 0 saturated carbocycles. The summed E-state index contributed by atoms with van der Waals surface area (Å²) in [6, 6.07) is 4.51. The average molecular weight is 379 g/mol. The second kappa shape index (κ2) is 6.75. The molecule has 98 valence electrons. The van der Waals surface area contributed by atoms with Crippen molar-refractivity contribution >= 4 is 49.5 Å². The third-order valence-corrected chi connectivity index (χ3v) is 3.50. The first-order valence-corrected chi connectivity index (χ1v) is 6.77. The van der Waals surface area contributed by atoms with Gasteiger partial charge in [-0.15, -0.1) is 0 Å². The van der Waals surface area contributed by atoms with Crippen LogP contribution in [0.15, 0.2) is 27.1 Å². The summed E-state index contributed by atoms with van der Waals surface area (Å²) in [4.78, 5) is 22.7. The Balaban J connectivity index is 2.72. The minimum absolute atomic E-state index is 0.406. The Morgan fingerprint density at radius 2 is 1.78 bits per heavy atom. The Morgan fingerprint density at radius 1 is 1.22 bits per heavy atom. The van der Waals surface area contributed by atoms with E-state index in [2.05, 4.69) is 47.8 Å². The number of imide groups is 1. The lowest BCUT2D eigenvalue weighted by Crippen LogP contribution is -2.44. The van der Waals surface area contributed by atoms with Crippen LogP contribution in [0, 0.1) is 0 Å². The SMILES string of the molecule is CNC(=O)NC(=O)C(C)Nc1c(Br)cccc1Br. The molecule has 7 heteroatoms. The van der Waals surface area contributed by atoms with Crippen molar-refractivity contribution in [3.63, 3.8) is 0 Å².